The van der Waals surface area contributed by atoms with Crippen molar-refractivity contribution >= 4 is 5.96 Å². The van der Waals surface area contributed by atoms with Gasteiger partial charge in [-0.05, 0) is 46.7 Å². The Labute approximate surface area is 141 Å². The smallest absolute Gasteiger partial charge is 0.191 e. The lowest BCUT2D eigenvalue weighted by atomic mass is 10.0. The first-order chi connectivity index (χ1) is 10.9. The van der Waals surface area contributed by atoms with Crippen LogP contribution >= 0.6 is 0 Å². The molecule has 6 nitrogen and oxygen atoms in total. The number of guanidine groups is 1. The van der Waals surface area contributed by atoms with E-state index in [1.54, 1.807) is 0 Å². The van der Waals surface area contributed by atoms with E-state index >= 15 is 0 Å². The molecule has 2 fully saturated rings. The first-order valence-electron chi connectivity index (χ1n) is 8.88. The predicted octanol–water partition coefficient (Wildman–Crippen LogP) is 0.602. The van der Waals surface area contributed by atoms with Gasteiger partial charge in [-0.2, -0.15) is 0 Å². The van der Waals surface area contributed by atoms with E-state index < -0.39 is 0 Å². The van der Waals surface area contributed by atoms with Gasteiger partial charge in [0, 0.05) is 44.8 Å². The first kappa shape index (κ1) is 18.5. The van der Waals surface area contributed by atoms with Crippen LogP contribution in [-0.2, 0) is 4.74 Å². The molecule has 1 atom stereocenters. The highest BCUT2D eigenvalue weighted by Crippen LogP contribution is 2.34. The maximum atomic E-state index is 5.45. The topological polar surface area (TPSA) is 52.1 Å². The van der Waals surface area contributed by atoms with Crippen molar-refractivity contribution in [2.45, 2.75) is 38.3 Å². The molecule has 1 saturated carbocycles. The van der Waals surface area contributed by atoms with Crippen molar-refractivity contribution < 1.29 is 4.74 Å². The summed E-state index contributed by atoms with van der Waals surface area (Å²) in [5.41, 5.74) is 0.0961. The average Bonchev–Trinajstić information content (AvgIpc) is 3.36. The second-order valence-electron chi connectivity index (χ2n) is 7.59. The van der Waals surface area contributed by atoms with Crippen LogP contribution < -0.4 is 10.6 Å². The van der Waals surface area contributed by atoms with Gasteiger partial charge in [0.1, 0.15) is 0 Å². The Morgan fingerprint density at radius 3 is 2.43 bits per heavy atom. The summed E-state index contributed by atoms with van der Waals surface area (Å²) in [6.45, 7) is 10.1. The molecule has 1 heterocycles. The summed E-state index contributed by atoms with van der Waals surface area (Å²) < 4.78 is 5.45. The summed E-state index contributed by atoms with van der Waals surface area (Å²) in [7, 11) is 6.18. The summed E-state index contributed by atoms with van der Waals surface area (Å²) >= 11 is 0. The van der Waals surface area contributed by atoms with E-state index in [0.29, 0.717) is 6.04 Å². The first-order valence-corrected chi connectivity index (χ1v) is 8.88. The Balaban J connectivity index is 1.77. The molecule has 1 unspecified atom stereocenters. The van der Waals surface area contributed by atoms with Crippen molar-refractivity contribution in [3.8, 4) is 0 Å². The second kappa shape index (κ2) is 8.31. The lowest BCUT2D eigenvalue weighted by Gasteiger charge is -2.41. The SMILES string of the molecule is CN=C(NCC(C1CC1)N(C)C)NCC(C)(C)N1CCOCC1. The molecule has 2 aliphatic rings. The maximum Gasteiger partial charge on any atom is 0.191 e. The van der Waals surface area contributed by atoms with Gasteiger partial charge in [0.15, 0.2) is 5.96 Å². The zero-order valence-corrected chi connectivity index (χ0v) is 15.6. The van der Waals surface area contributed by atoms with E-state index in [9.17, 15) is 0 Å². The number of hydrogen-bond donors (Lipinski definition) is 2. The molecule has 6 heteroatoms. The molecule has 0 aromatic rings. The Kier molecular flexibility index (Phi) is 6.68. The third-order valence-corrected chi connectivity index (χ3v) is 5.09. The molecule has 1 aliphatic heterocycles. The molecule has 2 rings (SSSR count). The Morgan fingerprint density at radius 1 is 1.26 bits per heavy atom. The van der Waals surface area contributed by atoms with Crippen LogP contribution in [0.2, 0.25) is 0 Å². The van der Waals surface area contributed by atoms with Crippen molar-refractivity contribution in [3.63, 3.8) is 0 Å². The van der Waals surface area contributed by atoms with Gasteiger partial charge in [-0.3, -0.25) is 9.89 Å². The highest BCUT2D eigenvalue weighted by atomic mass is 16.5. The molecule has 0 bridgehead atoms. The highest BCUT2D eigenvalue weighted by Gasteiger charge is 2.33. The lowest BCUT2D eigenvalue weighted by molar-refractivity contribution is -0.00834. The minimum atomic E-state index is 0.0961. The fourth-order valence-corrected chi connectivity index (χ4v) is 3.25. The molecule has 0 radical (unpaired) electrons. The maximum absolute atomic E-state index is 5.45. The molecule has 0 spiro atoms. The highest BCUT2D eigenvalue weighted by molar-refractivity contribution is 5.79. The van der Waals surface area contributed by atoms with Crippen LogP contribution in [0.15, 0.2) is 4.99 Å². The summed E-state index contributed by atoms with van der Waals surface area (Å²) in [5.74, 6) is 1.75. The molecule has 0 aromatic carbocycles. The van der Waals surface area contributed by atoms with Gasteiger partial charge in [-0.15, -0.1) is 0 Å². The number of nitrogens with one attached hydrogen (secondary N) is 2. The Hall–Kier alpha value is -0.850. The average molecular weight is 326 g/mol. The molecule has 1 saturated heterocycles. The van der Waals surface area contributed by atoms with Crippen LogP contribution in [-0.4, -0.2) is 87.9 Å². The van der Waals surface area contributed by atoms with Crippen molar-refractivity contribution in [2.24, 2.45) is 10.9 Å². The van der Waals surface area contributed by atoms with Gasteiger partial charge < -0.3 is 20.3 Å². The zero-order valence-electron chi connectivity index (χ0n) is 15.6. The monoisotopic (exact) mass is 325 g/mol. The standard InChI is InChI=1S/C17H35N5O/c1-17(2,22-8-10-23-11-9-22)13-20-16(18-3)19-12-15(21(4)5)14-6-7-14/h14-15H,6-13H2,1-5H3,(H2,18,19,20). The zero-order chi connectivity index (χ0) is 16.9. The number of rotatable bonds is 7. The normalized spacial score (nSPS) is 22.3. The molecular formula is C17H35N5O. The van der Waals surface area contributed by atoms with Gasteiger partial charge in [0.2, 0.25) is 0 Å². The number of hydrogen-bond acceptors (Lipinski definition) is 4. The predicted molar refractivity (Wildman–Crippen MR) is 96.0 cm³/mol. The third kappa shape index (κ3) is 5.62. The number of likely N-dealkylation sites (N-methyl/N-ethyl adjacent to an activating group) is 1. The largest absolute Gasteiger partial charge is 0.379 e. The minimum absolute atomic E-state index is 0.0961. The molecular weight excluding hydrogens is 290 g/mol. The van der Waals surface area contributed by atoms with Crippen LogP contribution in [0.5, 0.6) is 0 Å². The van der Waals surface area contributed by atoms with Gasteiger partial charge in [0.05, 0.1) is 13.2 Å². The van der Waals surface area contributed by atoms with Gasteiger partial charge in [0.25, 0.3) is 0 Å². The molecule has 1 aliphatic carbocycles. The fraction of sp³-hybridized carbons (Fsp3) is 0.941. The van der Waals surface area contributed by atoms with Crippen molar-refractivity contribution in [1.29, 1.82) is 0 Å². The van der Waals surface area contributed by atoms with Crippen LogP contribution in [0.4, 0.5) is 0 Å². The van der Waals surface area contributed by atoms with E-state index in [2.05, 4.69) is 53.4 Å². The van der Waals surface area contributed by atoms with E-state index in [4.69, 9.17) is 4.74 Å². The number of ether oxygens (including phenoxy) is 1. The molecule has 23 heavy (non-hydrogen) atoms. The van der Waals surface area contributed by atoms with E-state index in [1.165, 1.54) is 12.8 Å². The van der Waals surface area contributed by atoms with Crippen molar-refractivity contribution in [1.82, 2.24) is 20.4 Å². The quantitative estimate of drug-likeness (QED) is 0.530. The molecule has 0 aromatic heterocycles. The van der Waals surface area contributed by atoms with Crippen LogP contribution in [0, 0.1) is 5.92 Å². The summed E-state index contributed by atoms with van der Waals surface area (Å²) in [6.07, 6.45) is 2.72. The van der Waals surface area contributed by atoms with Gasteiger partial charge in [-0.25, -0.2) is 0 Å². The van der Waals surface area contributed by atoms with Gasteiger partial charge in [-0.1, -0.05) is 0 Å². The lowest BCUT2D eigenvalue weighted by Crippen LogP contribution is -2.57. The van der Waals surface area contributed by atoms with Gasteiger partial charge >= 0.3 is 0 Å². The number of morpholine rings is 1. The van der Waals surface area contributed by atoms with Crippen LogP contribution in [0.1, 0.15) is 26.7 Å². The number of nitrogens with zero attached hydrogens (tertiary/aromatic N) is 3. The fourth-order valence-electron chi connectivity index (χ4n) is 3.25. The van der Waals surface area contributed by atoms with E-state index in [-0.39, 0.29) is 5.54 Å². The third-order valence-electron chi connectivity index (χ3n) is 5.09. The van der Waals surface area contributed by atoms with Crippen molar-refractivity contribution in [2.75, 3.05) is 60.5 Å². The molecule has 2 N–H and O–H groups in total. The van der Waals surface area contributed by atoms with E-state index in [1.807, 2.05) is 7.05 Å². The number of aliphatic imine (C=N–C) groups is 1. The Bertz CT molecular complexity index is 384. The summed E-state index contributed by atoms with van der Waals surface area (Å²) in [5, 5.41) is 7.00. The Morgan fingerprint density at radius 2 is 1.91 bits per heavy atom. The second-order valence-corrected chi connectivity index (χ2v) is 7.59. The van der Waals surface area contributed by atoms with E-state index in [0.717, 1.165) is 51.3 Å². The molecule has 0 amide bonds. The summed E-state index contributed by atoms with van der Waals surface area (Å²) in [4.78, 5) is 9.20. The van der Waals surface area contributed by atoms with Crippen LogP contribution in [0.25, 0.3) is 0 Å². The van der Waals surface area contributed by atoms with Crippen molar-refractivity contribution in [3.05, 3.63) is 0 Å². The minimum Gasteiger partial charge on any atom is -0.379 e. The van der Waals surface area contributed by atoms with Crippen LogP contribution in [0.3, 0.4) is 0 Å². The molecule has 134 valence electrons. The summed E-state index contributed by atoms with van der Waals surface area (Å²) in [6, 6.07) is 0.598.